The molecule has 1 aromatic carbocycles. The van der Waals surface area contributed by atoms with E-state index in [9.17, 15) is 14.7 Å². The van der Waals surface area contributed by atoms with Gasteiger partial charge in [0.1, 0.15) is 11.9 Å². The summed E-state index contributed by atoms with van der Waals surface area (Å²) in [5.74, 6) is -0.526. The SMILES string of the molecule is Cc1ccc(C(=O)C(=O)N2CCCC(C(O)c3nccn3C)C2)cc1. The molecule has 0 bridgehead atoms. The van der Waals surface area contributed by atoms with Crippen molar-refractivity contribution in [3.05, 3.63) is 53.6 Å². The molecule has 2 unspecified atom stereocenters. The number of aromatic nitrogens is 2. The van der Waals surface area contributed by atoms with Crippen molar-refractivity contribution in [2.75, 3.05) is 13.1 Å². The smallest absolute Gasteiger partial charge is 0.294 e. The number of hydrogen-bond acceptors (Lipinski definition) is 4. The fraction of sp³-hybridized carbons (Fsp3) is 0.421. The predicted molar refractivity (Wildman–Crippen MR) is 93.0 cm³/mol. The van der Waals surface area contributed by atoms with Crippen LogP contribution < -0.4 is 0 Å². The number of benzene rings is 1. The minimum absolute atomic E-state index is 0.121. The summed E-state index contributed by atoms with van der Waals surface area (Å²) >= 11 is 0. The number of likely N-dealkylation sites (tertiary alicyclic amines) is 1. The summed E-state index contributed by atoms with van der Waals surface area (Å²) in [5, 5.41) is 10.6. The van der Waals surface area contributed by atoms with E-state index < -0.39 is 17.8 Å². The lowest BCUT2D eigenvalue weighted by atomic mass is 9.91. The molecule has 2 aromatic rings. The molecule has 0 aliphatic carbocycles. The largest absolute Gasteiger partial charge is 0.385 e. The normalized spacial score (nSPS) is 18.8. The highest BCUT2D eigenvalue weighted by molar-refractivity contribution is 6.42. The molecule has 2 atom stereocenters. The van der Waals surface area contributed by atoms with Crippen LogP contribution in [0.25, 0.3) is 0 Å². The Morgan fingerprint density at radius 1 is 1.28 bits per heavy atom. The fourth-order valence-electron chi connectivity index (χ4n) is 3.30. The molecular weight excluding hydrogens is 318 g/mol. The highest BCUT2D eigenvalue weighted by atomic mass is 16.3. The standard InChI is InChI=1S/C19H23N3O3/c1-13-5-7-14(8-6-13)17(24)19(25)22-10-3-4-15(12-22)16(23)18-20-9-11-21(18)2/h5-9,11,15-16,23H,3-4,10,12H2,1-2H3. The number of piperidine rings is 1. The van der Waals surface area contributed by atoms with Gasteiger partial charge in [-0.25, -0.2) is 4.98 Å². The zero-order valence-electron chi connectivity index (χ0n) is 14.6. The van der Waals surface area contributed by atoms with Crippen molar-refractivity contribution in [3.8, 4) is 0 Å². The first-order valence-electron chi connectivity index (χ1n) is 8.53. The summed E-state index contributed by atoms with van der Waals surface area (Å²) in [5.41, 5.74) is 1.45. The minimum atomic E-state index is -0.745. The molecule has 1 aromatic heterocycles. The monoisotopic (exact) mass is 341 g/mol. The molecule has 6 nitrogen and oxygen atoms in total. The van der Waals surface area contributed by atoms with E-state index in [1.165, 1.54) is 0 Å². The number of imidazole rings is 1. The number of Topliss-reactive ketones (excluding diaryl/α,β-unsaturated/α-hetero) is 1. The third-order valence-electron chi connectivity index (χ3n) is 4.82. The van der Waals surface area contributed by atoms with Crippen molar-refractivity contribution in [2.24, 2.45) is 13.0 Å². The number of amides is 1. The number of rotatable bonds is 4. The van der Waals surface area contributed by atoms with Crippen molar-refractivity contribution >= 4 is 11.7 Å². The van der Waals surface area contributed by atoms with E-state index in [0.29, 0.717) is 24.5 Å². The van der Waals surface area contributed by atoms with Crippen molar-refractivity contribution in [1.82, 2.24) is 14.5 Å². The molecule has 1 N–H and O–H groups in total. The highest BCUT2D eigenvalue weighted by Crippen LogP contribution is 2.29. The number of nitrogens with zero attached hydrogens (tertiary/aromatic N) is 3. The van der Waals surface area contributed by atoms with Gasteiger partial charge in [-0.3, -0.25) is 9.59 Å². The second-order valence-electron chi connectivity index (χ2n) is 6.69. The van der Waals surface area contributed by atoms with E-state index in [-0.39, 0.29) is 5.92 Å². The summed E-state index contributed by atoms with van der Waals surface area (Å²) in [6.07, 6.45) is 4.25. The molecular formula is C19H23N3O3. The molecule has 1 saturated heterocycles. The van der Waals surface area contributed by atoms with E-state index in [1.54, 1.807) is 34.0 Å². The number of aliphatic hydroxyl groups is 1. The zero-order chi connectivity index (χ0) is 18.0. The number of aryl methyl sites for hydroxylation is 2. The number of aliphatic hydroxyl groups excluding tert-OH is 1. The Hall–Kier alpha value is -2.47. The summed E-state index contributed by atoms with van der Waals surface area (Å²) in [4.78, 5) is 30.8. The number of carbonyl (C=O) groups is 2. The van der Waals surface area contributed by atoms with Gasteiger partial charge in [-0.15, -0.1) is 0 Å². The van der Waals surface area contributed by atoms with Crippen molar-refractivity contribution in [1.29, 1.82) is 0 Å². The van der Waals surface area contributed by atoms with E-state index >= 15 is 0 Å². The van der Waals surface area contributed by atoms with Gasteiger partial charge in [0.25, 0.3) is 5.91 Å². The van der Waals surface area contributed by atoms with Crippen LogP contribution in [0.4, 0.5) is 0 Å². The van der Waals surface area contributed by atoms with Crippen LogP contribution in [-0.4, -0.2) is 44.3 Å². The van der Waals surface area contributed by atoms with Gasteiger partial charge < -0.3 is 14.6 Å². The maximum atomic E-state index is 12.6. The average Bonchev–Trinajstić information content (AvgIpc) is 3.06. The molecule has 0 spiro atoms. The van der Waals surface area contributed by atoms with Crippen LogP contribution in [-0.2, 0) is 11.8 Å². The van der Waals surface area contributed by atoms with Crippen molar-refractivity contribution in [3.63, 3.8) is 0 Å². The molecule has 1 amide bonds. The van der Waals surface area contributed by atoms with Gasteiger partial charge in [0.05, 0.1) is 0 Å². The van der Waals surface area contributed by atoms with Crippen LogP contribution in [0.5, 0.6) is 0 Å². The van der Waals surface area contributed by atoms with Gasteiger partial charge in [-0.2, -0.15) is 0 Å². The molecule has 3 rings (SSSR count). The molecule has 25 heavy (non-hydrogen) atoms. The first kappa shape index (κ1) is 17.4. The number of ketones is 1. The molecule has 0 radical (unpaired) electrons. The Morgan fingerprint density at radius 2 is 2.00 bits per heavy atom. The zero-order valence-corrected chi connectivity index (χ0v) is 14.6. The summed E-state index contributed by atoms with van der Waals surface area (Å²) in [7, 11) is 1.83. The molecule has 1 aliphatic heterocycles. The summed E-state index contributed by atoms with van der Waals surface area (Å²) in [6, 6.07) is 7.01. The van der Waals surface area contributed by atoms with Crippen LogP contribution in [0.3, 0.4) is 0 Å². The van der Waals surface area contributed by atoms with E-state index in [2.05, 4.69) is 4.98 Å². The third kappa shape index (κ3) is 3.64. The summed E-state index contributed by atoms with van der Waals surface area (Å²) < 4.78 is 1.78. The maximum absolute atomic E-state index is 12.6. The Balaban J connectivity index is 1.70. The van der Waals surface area contributed by atoms with Crippen LogP contribution in [0.2, 0.25) is 0 Å². The first-order chi connectivity index (χ1) is 12.0. The number of carbonyl (C=O) groups excluding carboxylic acids is 2. The Kier molecular flexibility index (Phi) is 4.99. The lowest BCUT2D eigenvalue weighted by Gasteiger charge is -2.34. The van der Waals surface area contributed by atoms with Gasteiger partial charge >= 0.3 is 0 Å². The predicted octanol–water partition coefficient (Wildman–Crippen LogP) is 1.88. The van der Waals surface area contributed by atoms with E-state index in [0.717, 1.165) is 18.4 Å². The van der Waals surface area contributed by atoms with Gasteiger partial charge in [-0.1, -0.05) is 29.8 Å². The fourth-order valence-corrected chi connectivity index (χ4v) is 3.30. The third-order valence-corrected chi connectivity index (χ3v) is 4.82. The van der Waals surface area contributed by atoms with Crippen LogP contribution >= 0.6 is 0 Å². The average molecular weight is 341 g/mol. The second kappa shape index (κ2) is 7.19. The Bertz CT molecular complexity index is 766. The number of hydrogen-bond donors (Lipinski definition) is 1. The van der Waals surface area contributed by atoms with E-state index in [4.69, 9.17) is 0 Å². The first-order valence-corrected chi connectivity index (χ1v) is 8.53. The van der Waals surface area contributed by atoms with Crippen LogP contribution in [0, 0.1) is 12.8 Å². The molecule has 6 heteroatoms. The molecule has 2 heterocycles. The van der Waals surface area contributed by atoms with Crippen molar-refractivity contribution in [2.45, 2.75) is 25.9 Å². The molecule has 132 valence electrons. The van der Waals surface area contributed by atoms with Gasteiger partial charge in [0.15, 0.2) is 0 Å². The Morgan fingerprint density at radius 3 is 2.64 bits per heavy atom. The minimum Gasteiger partial charge on any atom is -0.385 e. The molecule has 1 aliphatic rings. The van der Waals surface area contributed by atoms with Gasteiger partial charge in [-0.05, 0) is 19.8 Å². The van der Waals surface area contributed by atoms with Crippen LogP contribution in [0.1, 0.15) is 40.7 Å². The topological polar surface area (TPSA) is 75.4 Å². The lowest BCUT2D eigenvalue weighted by Crippen LogP contribution is -2.44. The van der Waals surface area contributed by atoms with Crippen molar-refractivity contribution < 1.29 is 14.7 Å². The second-order valence-corrected chi connectivity index (χ2v) is 6.69. The molecule has 1 fully saturated rings. The van der Waals surface area contributed by atoms with Crippen LogP contribution in [0.15, 0.2) is 36.7 Å². The quantitative estimate of drug-likeness (QED) is 0.681. The molecule has 0 saturated carbocycles. The Labute approximate surface area is 147 Å². The maximum Gasteiger partial charge on any atom is 0.294 e. The highest BCUT2D eigenvalue weighted by Gasteiger charge is 2.33. The van der Waals surface area contributed by atoms with E-state index in [1.807, 2.05) is 26.1 Å². The van der Waals surface area contributed by atoms with Gasteiger partial charge in [0.2, 0.25) is 5.78 Å². The summed E-state index contributed by atoms with van der Waals surface area (Å²) in [6.45, 7) is 2.84. The van der Waals surface area contributed by atoms with Gasteiger partial charge in [0, 0.05) is 44.0 Å². The lowest BCUT2D eigenvalue weighted by molar-refractivity contribution is -0.129.